The lowest BCUT2D eigenvalue weighted by Crippen LogP contribution is -2.35. The lowest BCUT2D eigenvalue weighted by molar-refractivity contribution is -0.137. The van der Waals surface area contributed by atoms with Gasteiger partial charge in [0, 0.05) is 12.7 Å². The van der Waals surface area contributed by atoms with E-state index in [0.29, 0.717) is 22.5 Å². The number of para-hydroxylation sites is 1. The number of hydrogen-bond donors (Lipinski definition) is 1. The minimum absolute atomic E-state index is 0.457. The number of carbonyl (C=O) groups is 1. The van der Waals surface area contributed by atoms with E-state index in [0.717, 1.165) is 24.7 Å². The summed E-state index contributed by atoms with van der Waals surface area (Å²) in [7, 11) is -3.21. The average molecular weight is 435 g/mol. The third-order valence-corrected chi connectivity index (χ3v) is 6.12. The van der Waals surface area contributed by atoms with Crippen molar-refractivity contribution in [2.45, 2.75) is 24.4 Å². The number of nitrogens with zero attached hydrogens (tertiary/aromatic N) is 1. The fourth-order valence-electron chi connectivity index (χ4n) is 2.49. The number of alkyl halides is 3. The molecule has 10 heteroatoms. The monoisotopic (exact) mass is 434 g/mol. The van der Waals surface area contributed by atoms with Crippen LogP contribution >= 0.6 is 11.6 Å². The van der Waals surface area contributed by atoms with Crippen molar-refractivity contribution in [1.29, 1.82) is 0 Å². The highest BCUT2D eigenvalue weighted by Crippen LogP contribution is 2.36. The summed E-state index contributed by atoms with van der Waals surface area (Å²) >= 11 is 5.52. The molecular weight excluding hydrogens is 417 g/mol. The van der Waals surface area contributed by atoms with Crippen LogP contribution in [0, 0.1) is 0 Å². The molecule has 0 aliphatic heterocycles. The van der Waals surface area contributed by atoms with Crippen LogP contribution in [-0.2, 0) is 27.4 Å². The van der Waals surface area contributed by atoms with Crippen molar-refractivity contribution >= 4 is 33.2 Å². The number of anilines is 1. The Labute approximate surface area is 166 Å². The second kappa shape index (κ2) is 8.50. The predicted octanol–water partition coefficient (Wildman–Crippen LogP) is 4.18. The highest BCUT2D eigenvalue weighted by atomic mass is 35.5. The number of benzene rings is 2. The van der Waals surface area contributed by atoms with Crippen LogP contribution in [0.3, 0.4) is 0 Å². The van der Waals surface area contributed by atoms with Crippen LogP contribution < -0.4 is 5.32 Å². The summed E-state index contributed by atoms with van der Waals surface area (Å²) < 4.78 is 64.8. The molecular formula is C18H18ClF3N2O3S. The van der Waals surface area contributed by atoms with E-state index in [-0.39, 0.29) is 0 Å². The van der Waals surface area contributed by atoms with Gasteiger partial charge >= 0.3 is 6.18 Å². The molecule has 5 nitrogen and oxygen atoms in total. The lowest BCUT2D eigenvalue weighted by atomic mass is 10.1. The van der Waals surface area contributed by atoms with Gasteiger partial charge in [-0.15, -0.1) is 0 Å². The van der Waals surface area contributed by atoms with Crippen LogP contribution in [0.4, 0.5) is 18.9 Å². The van der Waals surface area contributed by atoms with Crippen molar-refractivity contribution in [3.63, 3.8) is 0 Å². The van der Waals surface area contributed by atoms with Crippen LogP contribution in [-0.4, -0.2) is 32.2 Å². The first kappa shape index (κ1) is 22.2. The van der Waals surface area contributed by atoms with E-state index in [4.69, 9.17) is 11.6 Å². The van der Waals surface area contributed by atoms with E-state index < -0.39 is 44.1 Å². The molecule has 0 bridgehead atoms. The maximum Gasteiger partial charge on any atom is 0.417 e. The van der Waals surface area contributed by atoms with Gasteiger partial charge in [-0.2, -0.15) is 17.5 Å². The Morgan fingerprint density at radius 2 is 1.82 bits per heavy atom. The minimum atomic E-state index is -4.80. The third kappa shape index (κ3) is 5.03. The predicted molar refractivity (Wildman–Crippen MR) is 101 cm³/mol. The van der Waals surface area contributed by atoms with Gasteiger partial charge in [0.15, 0.2) is 0 Å². The van der Waals surface area contributed by atoms with Gasteiger partial charge < -0.3 is 5.32 Å². The van der Waals surface area contributed by atoms with Gasteiger partial charge in [0.25, 0.3) is 0 Å². The summed E-state index contributed by atoms with van der Waals surface area (Å²) in [5, 5.41) is 2.01. The zero-order valence-electron chi connectivity index (χ0n) is 15.0. The summed E-state index contributed by atoms with van der Waals surface area (Å²) in [6, 6.07) is 9.32. The zero-order valence-corrected chi connectivity index (χ0v) is 16.6. The molecule has 0 aliphatic rings. The topological polar surface area (TPSA) is 66.5 Å². The highest BCUT2D eigenvalue weighted by Gasteiger charge is 2.35. The number of carbonyl (C=O) groups excluding carboxylic acids is 1. The number of amides is 1. The number of halogens is 4. The summed E-state index contributed by atoms with van der Waals surface area (Å²) in [5.41, 5.74) is 0.158. The van der Waals surface area contributed by atoms with Gasteiger partial charge in [-0.3, -0.25) is 4.79 Å². The fraction of sp³-hybridized carbons (Fsp3) is 0.278. The Morgan fingerprint density at radius 3 is 2.43 bits per heavy atom. The standard InChI is InChI=1S/C18H18ClF3N2O3S/c1-3-12-6-4-5-7-16(12)23-17(25)11-24(2)28(26,27)13-8-9-15(19)14(10-13)18(20,21)22/h4-10H,3,11H2,1-2H3,(H,23,25). The Hall–Kier alpha value is -2.10. The summed E-state index contributed by atoms with van der Waals surface area (Å²) in [6.07, 6.45) is -4.14. The molecule has 1 N–H and O–H groups in total. The molecule has 0 radical (unpaired) electrons. The van der Waals surface area contributed by atoms with Gasteiger partial charge in [-0.1, -0.05) is 36.7 Å². The molecule has 0 saturated heterocycles. The molecule has 28 heavy (non-hydrogen) atoms. The Bertz CT molecular complexity index is 978. The third-order valence-electron chi connectivity index (χ3n) is 3.99. The maximum absolute atomic E-state index is 13.0. The first-order valence-electron chi connectivity index (χ1n) is 8.17. The number of nitrogens with one attached hydrogen (secondary N) is 1. The molecule has 0 aromatic heterocycles. The molecule has 0 unspecified atom stereocenters. The quantitative estimate of drug-likeness (QED) is 0.741. The van der Waals surface area contributed by atoms with Crippen LogP contribution in [0.25, 0.3) is 0 Å². The first-order valence-corrected chi connectivity index (χ1v) is 9.99. The van der Waals surface area contributed by atoms with E-state index >= 15 is 0 Å². The van der Waals surface area contributed by atoms with E-state index in [1.807, 2.05) is 19.1 Å². The number of hydrogen-bond acceptors (Lipinski definition) is 3. The van der Waals surface area contributed by atoms with E-state index in [9.17, 15) is 26.4 Å². The highest BCUT2D eigenvalue weighted by molar-refractivity contribution is 7.89. The molecule has 0 aliphatic carbocycles. The SMILES string of the molecule is CCc1ccccc1NC(=O)CN(C)S(=O)(=O)c1ccc(Cl)c(C(F)(F)F)c1. The summed E-state index contributed by atoms with van der Waals surface area (Å²) in [4.78, 5) is 11.6. The van der Waals surface area contributed by atoms with Crippen molar-refractivity contribution < 1.29 is 26.4 Å². The molecule has 152 valence electrons. The second-order valence-corrected chi connectivity index (χ2v) is 8.41. The molecule has 0 spiro atoms. The Kier molecular flexibility index (Phi) is 6.74. The Morgan fingerprint density at radius 1 is 1.18 bits per heavy atom. The van der Waals surface area contributed by atoms with Crippen molar-refractivity contribution in [3.8, 4) is 0 Å². The normalized spacial score (nSPS) is 12.2. The first-order chi connectivity index (χ1) is 13.0. The number of aryl methyl sites for hydroxylation is 1. The van der Waals surface area contributed by atoms with Crippen LogP contribution in [0.5, 0.6) is 0 Å². The molecule has 0 atom stereocenters. The smallest absolute Gasteiger partial charge is 0.325 e. The molecule has 2 aromatic rings. The van der Waals surface area contributed by atoms with Crippen molar-refractivity contribution in [1.82, 2.24) is 4.31 Å². The Balaban J connectivity index is 2.21. The molecule has 2 rings (SSSR count). The van der Waals surface area contributed by atoms with Crippen molar-refractivity contribution in [2.24, 2.45) is 0 Å². The van der Waals surface area contributed by atoms with Crippen LogP contribution in [0.2, 0.25) is 5.02 Å². The number of sulfonamides is 1. The molecule has 1 amide bonds. The van der Waals surface area contributed by atoms with Gasteiger partial charge in [0.1, 0.15) is 0 Å². The molecule has 0 heterocycles. The maximum atomic E-state index is 13.0. The average Bonchev–Trinajstić information content (AvgIpc) is 2.61. The molecule has 0 saturated carbocycles. The largest absolute Gasteiger partial charge is 0.417 e. The van der Waals surface area contributed by atoms with E-state index in [1.54, 1.807) is 12.1 Å². The zero-order chi connectivity index (χ0) is 21.1. The van der Waals surface area contributed by atoms with Gasteiger partial charge in [-0.05, 0) is 36.2 Å². The van der Waals surface area contributed by atoms with Gasteiger partial charge in [-0.25, -0.2) is 8.42 Å². The van der Waals surface area contributed by atoms with Gasteiger partial charge in [0.05, 0.1) is 22.0 Å². The minimum Gasteiger partial charge on any atom is -0.325 e. The molecule has 2 aromatic carbocycles. The lowest BCUT2D eigenvalue weighted by Gasteiger charge is -2.19. The number of rotatable bonds is 6. The number of likely N-dealkylation sites (N-methyl/N-ethyl adjacent to an activating group) is 1. The second-order valence-electron chi connectivity index (χ2n) is 5.96. The van der Waals surface area contributed by atoms with Crippen LogP contribution in [0.1, 0.15) is 18.1 Å². The van der Waals surface area contributed by atoms with Gasteiger partial charge in [0.2, 0.25) is 15.9 Å². The van der Waals surface area contributed by atoms with Crippen molar-refractivity contribution in [2.75, 3.05) is 18.9 Å². The van der Waals surface area contributed by atoms with Crippen molar-refractivity contribution in [3.05, 3.63) is 58.6 Å². The summed E-state index contributed by atoms with van der Waals surface area (Å²) in [6.45, 7) is 1.34. The van der Waals surface area contributed by atoms with E-state index in [2.05, 4.69) is 5.32 Å². The van der Waals surface area contributed by atoms with Crippen LogP contribution in [0.15, 0.2) is 47.4 Å². The van der Waals surface area contributed by atoms with E-state index in [1.165, 1.54) is 0 Å². The fourth-order valence-corrected chi connectivity index (χ4v) is 3.87. The summed E-state index contributed by atoms with van der Waals surface area (Å²) in [5.74, 6) is -0.614. The molecule has 0 fully saturated rings.